The van der Waals surface area contributed by atoms with Gasteiger partial charge in [0.25, 0.3) is 0 Å². The quantitative estimate of drug-likeness (QED) is 0.884. The van der Waals surface area contributed by atoms with Crippen molar-refractivity contribution in [3.8, 4) is 0 Å². The van der Waals surface area contributed by atoms with Crippen molar-refractivity contribution in [3.05, 3.63) is 58.1 Å². The summed E-state index contributed by atoms with van der Waals surface area (Å²) in [4.78, 5) is 11.9. The van der Waals surface area contributed by atoms with Gasteiger partial charge >= 0.3 is 0 Å². The van der Waals surface area contributed by atoms with Gasteiger partial charge in [0.15, 0.2) is 0 Å². The molecule has 1 amide bonds. The van der Waals surface area contributed by atoms with Gasteiger partial charge in [-0.3, -0.25) is 4.79 Å². The van der Waals surface area contributed by atoms with Crippen molar-refractivity contribution in [1.29, 1.82) is 0 Å². The molecule has 0 saturated carbocycles. The van der Waals surface area contributed by atoms with Crippen LogP contribution in [0.4, 0.5) is 11.4 Å². The van der Waals surface area contributed by atoms with Gasteiger partial charge in [0.05, 0.1) is 6.54 Å². The monoisotopic (exact) mass is 332 g/mol. The van der Waals surface area contributed by atoms with Crippen LogP contribution in [-0.2, 0) is 4.79 Å². The number of carbonyl (C=O) groups excluding carboxylic acids is 1. The minimum absolute atomic E-state index is 0.0575. The van der Waals surface area contributed by atoms with Gasteiger partial charge in [-0.25, -0.2) is 0 Å². The number of carbonyl (C=O) groups is 1. The normalized spacial score (nSPS) is 10.2. The molecule has 0 spiro atoms. The summed E-state index contributed by atoms with van der Waals surface area (Å²) in [5.74, 6) is -0.0575. The summed E-state index contributed by atoms with van der Waals surface area (Å²) < 4.78 is 1.05. The van der Waals surface area contributed by atoms with E-state index < -0.39 is 0 Å². The van der Waals surface area contributed by atoms with Gasteiger partial charge in [-0.05, 0) is 49.2 Å². The van der Waals surface area contributed by atoms with Crippen molar-refractivity contribution in [1.82, 2.24) is 0 Å². The number of aryl methyl sites for hydroxylation is 2. The highest BCUT2D eigenvalue weighted by atomic mass is 79.9. The Bertz CT molecular complexity index is 588. The lowest BCUT2D eigenvalue weighted by Crippen LogP contribution is -2.22. The van der Waals surface area contributed by atoms with Crippen molar-refractivity contribution >= 4 is 33.2 Å². The molecule has 0 radical (unpaired) electrons. The van der Waals surface area contributed by atoms with E-state index in [1.807, 2.05) is 56.3 Å². The lowest BCUT2D eigenvalue weighted by atomic mass is 10.1. The number of hydrogen-bond donors (Lipinski definition) is 2. The first-order valence-corrected chi connectivity index (χ1v) is 7.21. The molecule has 0 fully saturated rings. The van der Waals surface area contributed by atoms with Gasteiger partial charge < -0.3 is 10.6 Å². The molecule has 2 N–H and O–H groups in total. The maximum Gasteiger partial charge on any atom is 0.243 e. The van der Waals surface area contributed by atoms with Crippen LogP contribution < -0.4 is 10.6 Å². The largest absolute Gasteiger partial charge is 0.376 e. The van der Waals surface area contributed by atoms with E-state index in [2.05, 4.69) is 26.6 Å². The molecule has 2 rings (SSSR count). The van der Waals surface area contributed by atoms with Crippen molar-refractivity contribution in [3.63, 3.8) is 0 Å². The number of halogens is 1. The van der Waals surface area contributed by atoms with Crippen LogP contribution in [-0.4, -0.2) is 12.5 Å². The predicted octanol–water partition coefficient (Wildman–Crippen LogP) is 4.12. The molecule has 0 aromatic heterocycles. The Morgan fingerprint density at radius 1 is 1.10 bits per heavy atom. The van der Waals surface area contributed by atoms with Gasteiger partial charge in [-0.15, -0.1) is 0 Å². The number of hydrogen-bond acceptors (Lipinski definition) is 2. The zero-order chi connectivity index (χ0) is 14.5. The fourth-order valence-corrected chi connectivity index (χ4v) is 2.77. The van der Waals surface area contributed by atoms with Crippen LogP contribution in [0.25, 0.3) is 0 Å². The molecule has 0 bridgehead atoms. The van der Waals surface area contributed by atoms with Gasteiger partial charge in [0, 0.05) is 15.8 Å². The molecule has 2 aromatic carbocycles. The second-order valence-corrected chi connectivity index (χ2v) is 5.60. The summed E-state index contributed by atoms with van der Waals surface area (Å²) in [6, 6.07) is 13.5. The minimum Gasteiger partial charge on any atom is -0.376 e. The van der Waals surface area contributed by atoms with Crippen molar-refractivity contribution in [2.24, 2.45) is 0 Å². The van der Waals surface area contributed by atoms with E-state index in [1.54, 1.807) is 0 Å². The topological polar surface area (TPSA) is 41.1 Å². The molecule has 0 unspecified atom stereocenters. The Morgan fingerprint density at radius 3 is 2.30 bits per heavy atom. The first-order chi connectivity index (χ1) is 9.56. The molecule has 0 aliphatic heterocycles. The summed E-state index contributed by atoms with van der Waals surface area (Å²) in [6.45, 7) is 4.29. The summed E-state index contributed by atoms with van der Waals surface area (Å²) in [5.41, 5.74) is 4.05. The van der Waals surface area contributed by atoms with Crippen LogP contribution in [0.2, 0.25) is 0 Å². The van der Waals surface area contributed by atoms with Crippen LogP contribution in [0.5, 0.6) is 0 Å². The Morgan fingerprint density at radius 2 is 1.70 bits per heavy atom. The number of para-hydroxylation sites is 1. The van der Waals surface area contributed by atoms with E-state index in [0.29, 0.717) is 0 Å². The molecule has 0 aliphatic carbocycles. The molecule has 0 saturated heterocycles. The van der Waals surface area contributed by atoms with Gasteiger partial charge in [-0.1, -0.05) is 34.1 Å². The molecular formula is C16H17BrN2O. The molecule has 0 heterocycles. The average Bonchev–Trinajstić information content (AvgIpc) is 2.38. The summed E-state index contributed by atoms with van der Waals surface area (Å²) in [6.07, 6.45) is 0. The zero-order valence-corrected chi connectivity index (χ0v) is 13.1. The van der Waals surface area contributed by atoms with E-state index >= 15 is 0 Å². The van der Waals surface area contributed by atoms with Gasteiger partial charge in [-0.2, -0.15) is 0 Å². The summed E-state index contributed by atoms with van der Waals surface area (Å²) >= 11 is 3.46. The number of rotatable bonds is 4. The van der Waals surface area contributed by atoms with Crippen molar-refractivity contribution in [2.45, 2.75) is 13.8 Å². The Hall–Kier alpha value is -1.81. The van der Waals surface area contributed by atoms with E-state index in [4.69, 9.17) is 0 Å². The van der Waals surface area contributed by atoms with E-state index in [1.165, 1.54) is 0 Å². The molecule has 0 atom stereocenters. The number of benzene rings is 2. The first-order valence-electron chi connectivity index (χ1n) is 6.42. The van der Waals surface area contributed by atoms with Crippen LogP contribution in [0, 0.1) is 13.8 Å². The highest BCUT2D eigenvalue weighted by molar-refractivity contribution is 9.10. The lowest BCUT2D eigenvalue weighted by molar-refractivity contribution is -0.114. The van der Waals surface area contributed by atoms with Crippen LogP contribution in [0.1, 0.15) is 11.1 Å². The molecule has 3 nitrogen and oxygen atoms in total. The third-order valence-electron chi connectivity index (χ3n) is 2.98. The fourth-order valence-electron chi connectivity index (χ4n) is 2.08. The third-order valence-corrected chi connectivity index (χ3v) is 3.44. The van der Waals surface area contributed by atoms with Crippen LogP contribution in [0.3, 0.4) is 0 Å². The highest BCUT2D eigenvalue weighted by Crippen LogP contribution is 2.24. The molecule has 104 valence electrons. The van der Waals surface area contributed by atoms with Crippen molar-refractivity contribution < 1.29 is 4.79 Å². The third kappa shape index (κ3) is 3.84. The highest BCUT2D eigenvalue weighted by Gasteiger charge is 2.06. The first kappa shape index (κ1) is 14.6. The lowest BCUT2D eigenvalue weighted by Gasteiger charge is -2.13. The zero-order valence-electron chi connectivity index (χ0n) is 11.5. The van der Waals surface area contributed by atoms with E-state index in [-0.39, 0.29) is 12.5 Å². The SMILES string of the molecule is Cc1cc(Br)cc(C)c1NCC(=O)Nc1ccccc1. The van der Waals surface area contributed by atoms with Crippen LogP contribution >= 0.6 is 15.9 Å². The standard InChI is InChI=1S/C16H17BrN2O/c1-11-8-13(17)9-12(2)16(11)18-10-15(20)19-14-6-4-3-5-7-14/h3-9,18H,10H2,1-2H3,(H,19,20). The summed E-state index contributed by atoms with van der Waals surface area (Å²) in [5, 5.41) is 6.05. The maximum atomic E-state index is 11.9. The Kier molecular flexibility index (Phi) is 4.79. The van der Waals surface area contributed by atoms with E-state index in [9.17, 15) is 4.79 Å². The van der Waals surface area contributed by atoms with Gasteiger partial charge in [0.1, 0.15) is 0 Å². The summed E-state index contributed by atoms with van der Waals surface area (Å²) in [7, 11) is 0. The molecule has 2 aromatic rings. The number of amides is 1. The number of anilines is 2. The van der Waals surface area contributed by atoms with Gasteiger partial charge in [0.2, 0.25) is 5.91 Å². The molecule has 20 heavy (non-hydrogen) atoms. The maximum absolute atomic E-state index is 11.9. The Balaban J connectivity index is 1.97. The van der Waals surface area contributed by atoms with Crippen molar-refractivity contribution in [2.75, 3.05) is 17.2 Å². The number of nitrogens with one attached hydrogen (secondary N) is 2. The second-order valence-electron chi connectivity index (χ2n) is 4.68. The smallest absolute Gasteiger partial charge is 0.243 e. The Labute approximate surface area is 127 Å². The fraction of sp³-hybridized carbons (Fsp3) is 0.188. The molecular weight excluding hydrogens is 316 g/mol. The van der Waals surface area contributed by atoms with E-state index in [0.717, 1.165) is 27.0 Å². The molecule has 0 aliphatic rings. The van der Waals surface area contributed by atoms with Crippen LogP contribution in [0.15, 0.2) is 46.9 Å². The second kappa shape index (κ2) is 6.57. The average molecular weight is 333 g/mol. The molecule has 4 heteroatoms. The minimum atomic E-state index is -0.0575. The predicted molar refractivity (Wildman–Crippen MR) is 87.2 cm³/mol.